The van der Waals surface area contributed by atoms with Gasteiger partial charge in [-0.1, -0.05) is 31.9 Å². The van der Waals surface area contributed by atoms with Crippen molar-refractivity contribution in [1.82, 2.24) is 0 Å². The molecule has 132 valence electrons. The molecular formula is C22H32O2. The molecule has 5 aliphatic rings. The Hall–Kier alpha value is -0.790. The molecule has 0 spiro atoms. The summed E-state index contributed by atoms with van der Waals surface area (Å²) in [6.07, 6.45) is 11.5. The van der Waals surface area contributed by atoms with Crippen LogP contribution in [0.1, 0.15) is 78.6 Å². The maximum atomic E-state index is 11.8. The minimum Gasteiger partial charge on any atom is -0.462 e. The predicted octanol–water partition coefficient (Wildman–Crippen LogP) is 5.27. The molecule has 3 fully saturated rings. The summed E-state index contributed by atoms with van der Waals surface area (Å²) >= 11 is 0. The van der Waals surface area contributed by atoms with Crippen LogP contribution in [0.25, 0.3) is 0 Å². The quantitative estimate of drug-likeness (QED) is 0.447. The smallest absolute Gasteiger partial charge is 0.306 e. The fourth-order valence-electron chi connectivity index (χ4n) is 7.67. The fourth-order valence-corrected chi connectivity index (χ4v) is 7.67. The van der Waals surface area contributed by atoms with E-state index in [1.807, 2.05) is 11.1 Å². The van der Waals surface area contributed by atoms with Gasteiger partial charge in [0.2, 0.25) is 0 Å². The zero-order valence-corrected chi connectivity index (χ0v) is 15.6. The molecule has 0 amide bonds. The predicted molar refractivity (Wildman–Crippen MR) is 94.3 cm³/mol. The van der Waals surface area contributed by atoms with E-state index in [2.05, 4.69) is 20.8 Å². The first kappa shape index (κ1) is 15.5. The second-order valence-corrected chi connectivity index (χ2v) is 10.4. The first-order chi connectivity index (χ1) is 11.4. The molecule has 0 aromatic carbocycles. The Morgan fingerprint density at radius 1 is 1.08 bits per heavy atom. The lowest BCUT2D eigenvalue weighted by molar-refractivity contribution is -0.145. The van der Waals surface area contributed by atoms with E-state index in [1.54, 1.807) is 0 Å². The molecule has 2 heteroatoms. The number of esters is 1. The number of hydrogen-bond donors (Lipinski definition) is 0. The topological polar surface area (TPSA) is 26.3 Å². The summed E-state index contributed by atoms with van der Waals surface area (Å²) in [5, 5.41) is 0. The molecule has 4 aliphatic carbocycles. The summed E-state index contributed by atoms with van der Waals surface area (Å²) in [6.45, 7) is 7.52. The molecule has 24 heavy (non-hydrogen) atoms. The monoisotopic (exact) mass is 328 g/mol. The molecule has 6 atom stereocenters. The zero-order valence-electron chi connectivity index (χ0n) is 15.6. The Labute approximate surface area is 146 Å². The fraction of sp³-hybridized carbons (Fsp3) is 0.864. The van der Waals surface area contributed by atoms with Gasteiger partial charge < -0.3 is 4.74 Å². The van der Waals surface area contributed by atoms with Gasteiger partial charge in [-0.05, 0) is 80.0 Å². The van der Waals surface area contributed by atoms with Gasteiger partial charge >= 0.3 is 5.97 Å². The molecule has 0 aromatic heterocycles. The average Bonchev–Trinajstić information content (AvgIpc) is 3.03. The van der Waals surface area contributed by atoms with E-state index in [-0.39, 0.29) is 12.1 Å². The number of ether oxygens (including phenoxy) is 1. The number of fused-ring (bicyclic) bond motifs is 5. The van der Waals surface area contributed by atoms with Crippen molar-refractivity contribution < 1.29 is 9.53 Å². The number of hydrogen-bond acceptors (Lipinski definition) is 2. The van der Waals surface area contributed by atoms with Gasteiger partial charge in [-0.2, -0.15) is 0 Å². The van der Waals surface area contributed by atoms with Crippen molar-refractivity contribution in [3.05, 3.63) is 11.1 Å². The molecule has 2 nitrogen and oxygen atoms in total. The van der Waals surface area contributed by atoms with Gasteiger partial charge in [0.1, 0.15) is 6.10 Å². The second-order valence-electron chi connectivity index (χ2n) is 10.4. The van der Waals surface area contributed by atoms with E-state index >= 15 is 0 Å². The molecule has 0 radical (unpaired) electrons. The Morgan fingerprint density at radius 3 is 2.75 bits per heavy atom. The van der Waals surface area contributed by atoms with Crippen LogP contribution in [0.5, 0.6) is 0 Å². The van der Waals surface area contributed by atoms with E-state index < -0.39 is 0 Å². The van der Waals surface area contributed by atoms with Crippen molar-refractivity contribution in [1.29, 1.82) is 0 Å². The highest BCUT2D eigenvalue weighted by molar-refractivity contribution is 5.72. The van der Waals surface area contributed by atoms with Gasteiger partial charge in [0.15, 0.2) is 0 Å². The third-order valence-corrected chi connectivity index (χ3v) is 8.92. The number of carbonyl (C=O) groups is 1. The lowest BCUT2D eigenvalue weighted by atomic mass is 9.47. The third-order valence-electron chi connectivity index (χ3n) is 8.92. The number of carbonyl (C=O) groups excluding carboxylic acids is 1. The maximum absolute atomic E-state index is 11.8. The Bertz CT molecular complexity index is 615. The third kappa shape index (κ3) is 1.98. The molecule has 1 saturated heterocycles. The molecule has 1 heterocycles. The van der Waals surface area contributed by atoms with E-state index in [9.17, 15) is 4.79 Å². The van der Waals surface area contributed by atoms with Crippen molar-refractivity contribution in [2.45, 2.75) is 84.7 Å². The van der Waals surface area contributed by atoms with E-state index in [1.165, 1.54) is 44.9 Å². The van der Waals surface area contributed by atoms with Crippen molar-refractivity contribution in [2.24, 2.45) is 34.5 Å². The van der Waals surface area contributed by atoms with Crippen molar-refractivity contribution in [3.8, 4) is 0 Å². The van der Waals surface area contributed by atoms with Crippen LogP contribution in [0, 0.1) is 34.5 Å². The molecule has 6 unspecified atom stereocenters. The van der Waals surface area contributed by atoms with Crippen molar-refractivity contribution in [3.63, 3.8) is 0 Å². The molecule has 0 N–H and O–H groups in total. The Balaban J connectivity index is 1.47. The van der Waals surface area contributed by atoms with Gasteiger partial charge in [-0.15, -0.1) is 0 Å². The number of rotatable bonds is 0. The standard InChI is InChI=1S/C22H32O2/c1-21(2)9-8-16-15-5-4-14-11-19-13(10-20(23)24-19)12-22(14,3)18(15)7-6-17(16)21/h13-15,18-19H,4-12H2,1-3H3. The largest absolute Gasteiger partial charge is 0.462 e. The van der Waals surface area contributed by atoms with Crippen LogP contribution in [-0.4, -0.2) is 12.1 Å². The van der Waals surface area contributed by atoms with Gasteiger partial charge in [0.05, 0.1) is 6.42 Å². The first-order valence-electron chi connectivity index (χ1n) is 10.3. The van der Waals surface area contributed by atoms with Gasteiger partial charge in [-0.3, -0.25) is 4.79 Å². The molecule has 2 saturated carbocycles. The summed E-state index contributed by atoms with van der Waals surface area (Å²) in [5.74, 6) is 3.07. The van der Waals surface area contributed by atoms with Gasteiger partial charge in [0, 0.05) is 5.92 Å². The summed E-state index contributed by atoms with van der Waals surface area (Å²) in [4.78, 5) is 11.8. The average molecular weight is 328 g/mol. The molecule has 0 aromatic rings. The van der Waals surface area contributed by atoms with Gasteiger partial charge in [0.25, 0.3) is 0 Å². The lowest BCUT2D eigenvalue weighted by Gasteiger charge is -2.57. The highest BCUT2D eigenvalue weighted by Gasteiger charge is 2.57. The van der Waals surface area contributed by atoms with Gasteiger partial charge in [-0.25, -0.2) is 0 Å². The SMILES string of the molecule is CC1(C)CCC2=C1CCC1C2CCC2CC3OC(=O)CC3CC21C. The molecule has 5 rings (SSSR count). The minimum absolute atomic E-state index is 0.0648. The highest BCUT2D eigenvalue weighted by Crippen LogP contribution is 2.65. The van der Waals surface area contributed by atoms with Crippen LogP contribution < -0.4 is 0 Å². The maximum Gasteiger partial charge on any atom is 0.306 e. The van der Waals surface area contributed by atoms with Crippen LogP contribution in [-0.2, 0) is 9.53 Å². The molecule has 1 aliphatic heterocycles. The Kier molecular flexibility index (Phi) is 3.15. The summed E-state index contributed by atoms with van der Waals surface area (Å²) in [7, 11) is 0. The van der Waals surface area contributed by atoms with E-state index in [0.717, 1.165) is 24.2 Å². The normalized spacial score (nSPS) is 49.1. The van der Waals surface area contributed by atoms with Crippen LogP contribution in [0.3, 0.4) is 0 Å². The van der Waals surface area contributed by atoms with Crippen LogP contribution in [0.15, 0.2) is 11.1 Å². The van der Waals surface area contributed by atoms with Crippen molar-refractivity contribution >= 4 is 5.97 Å². The summed E-state index contributed by atoms with van der Waals surface area (Å²) in [6, 6.07) is 0. The number of allylic oxidation sites excluding steroid dienone is 2. The van der Waals surface area contributed by atoms with E-state index in [4.69, 9.17) is 4.74 Å². The summed E-state index contributed by atoms with van der Waals surface area (Å²) < 4.78 is 5.64. The Morgan fingerprint density at radius 2 is 1.92 bits per heavy atom. The lowest BCUT2D eigenvalue weighted by Crippen LogP contribution is -2.51. The molecule has 0 bridgehead atoms. The van der Waals surface area contributed by atoms with Crippen LogP contribution >= 0.6 is 0 Å². The zero-order chi connectivity index (χ0) is 16.7. The van der Waals surface area contributed by atoms with E-state index in [0.29, 0.717) is 23.2 Å². The first-order valence-corrected chi connectivity index (χ1v) is 10.3. The van der Waals surface area contributed by atoms with Crippen LogP contribution in [0.2, 0.25) is 0 Å². The molecular weight excluding hydrogens is 296 g/mol. The van der Waals surface area contributed by atoms with Crippen LogP contribution in [0.4, 0.5) is 0 Å². The minimum atomic E-state index is 0.0648. The van der Waals surface area contributed by atoms with Crippen molar-refractivity contribution in [2.75, 3.05) is 0 Å². The second kappa shape index (κ2) is 4.89. The summed E-state index contributed by atoms with van der Waals surface area (Å²) in [5.41, 5.74) is 4.61. The highest BCUT2D eigenvalue weighted by atomic mass is 16.5.